The van der Waals surface area contributed by atoms with E-state index in [0.29, 0.717) is 54.9 Å². The number of pyridine rings is 4. The molecule has 0 spiro atoms. The Bertz CT molecular complexity index is 3540. The Morgan fingerprint density at radius 2 is 0.830 bits per heavy atom. The van der Waals surface area contributed by atoms with Gasteiger partial charge in [-0.1, -0.05) is 66.7 Å². The van der Waals surface area contributed by atoms with E-state index in [-0.39, 0.29) is 0 Å². The normalized spacial score (nSPS) is 26.3. The van der Waals surface area contributed by atoms with Crippen LogP contribution in [0.25, 0.3) is 0 Å². The summed E-state index contributed by atoms with van der Waals surface area (Å²) in [6, 6.07) is 38.5. The van der Waals surface area contributed by atoms with Gasteiger partial charge >= 0.3 is 0 Å². The van der Waals surface area contributed by atoms with Crippen molar-refractivity contribution in [3.05, 3.63) is 193 Å². The average Bonchev–Trinajstić information content (AvgIpc) is 1.62. The molecule has 10 aliphatic heterocycles. The first-order valence-corrected chi connectivity index (χ1v) is 33.3. The molecule has 0 amide bonds. The molecule has 6 fully saturated rings. The molecule has 3 aromatic carbocycles. The first-order chi connectivity index (χ1) is 42.2. The fourth-order valence-corrected chi connectivity index (χ4v) is 17.8. The Labute approximate surface area is 528 Å². The smallest absolute Gasteiger partial charge is 0.0990 e. The molecule has 18 rings (SSSR count). The lowest BCUT2D eigenvalue weighted by atomic mass is 9.95. The second-order valence-electron chi connectivity index (χ2n) is 27.3. The first-order valence-electron chi connectivity index (χ1n) is 33.3. The van der Waals surface area contributed by atoms with Gasteiger partial charge in [0.15, 0.2) is 0 Å². The number of hydrogen-bond acceptors (Lipinski definition) is 12. The van der Waals surface area contributed by atoms with Gasteiger partial charge in [0, 0.05) is 79.3 Å². The number of fused-ring (bicyclic) bond motifs is 13. The molecule has 6 saturated heterocycles. The molecular weight excluding hydrogens is 1080 g/mol. The van der Waals surface area contributed by atoms with Crippen molar-refractivity contribution in [2.75, 3.05) is 57.7 Å². The van der Waals surface area contributed by atoms with Gasteiger partial charge in [0.2, 0.25) is 0 Å². The van der Waals surface area contributed by atoms with E-state index in [2.05, 4.69) is 254 Å². The molecule has 464 valence electrons. The molecule has 4 aromatic heterocycles. The predicted octanol–water partition coefficient (Wildman–Crippen LogP) is 15.4. The molecule has 1 aliphatic carbocycles. The third-order valence-electron chi connectivity index (χ3n) is 21.5. The van der Waals surface area contributed by atoms with E-state index in [9.17, 15) is 0 Å². The molecule has 12 heteroatoms. The molecule has 8 bridgehead atoms. The summed E-state index contributed by atoms with van der Waals surface area (Å²) in [5.74, 6) is 0. The van der Waals surface area contributed by atoms with Crippen LogP contribution in [0, 0.1) is 83.1 Å². The topological polar surface area (TPSA) is 77.5 Å². The van der Waals surface area contributed by atoms with Gasteiger partial charge in [0.1, 0.15) is 0 Å². The van der Waals surface area contributed by atoms with Crippen LogP contribution < -0.4 is 24.5 Å². The molecule has 11 aliphatic rings. The third-order valence-corrected chi connectivity index (χ3v) is 21.5. The van der Waals surface area contributed by atoms with Crippen LogP contribution in [0.3, 0.4) is 0 Å². The van der Waals surface area contributed by atoms with Gasteiger partial charge in [-0.2, -0.15) is 0 Å². The maximum Gasteiger partial charge on any atom is 0.0990 e. The van der Waals surface area contributed by atoms with Crippen LogP contribution in [-0.2, 0) is 13.0 Å². The fourth-order valence-electron chi connectivity index (χ4n) is 17.8. The van der Waals surface area contributed by atoms with E-state index in [1.165, 1.54) is 142 Å². The predicted molar refractivity (Wildman–Crippen MR) is 365 cm³/mol. The summed E-state index contributed by atoms with van der Waals surface area (Å²) in [5, 5.41) is 0. The number of nitrogens with zero attached hydrogens (tertiary/aromatic N) is 12. The van der Waals surface area contributed by atoms with E-state index >= 15 is 0 Å². The molecule has 11 atom stereocenters. The molecule has 88 heavy (non-hydrogen) atoms. The fraction of sp³-hybridized carbons (Fsp3) is 0.500. The van der Waals surface area contributed by atoms with Crippen LogP contribution in [0.15, 0.2) is 97.1 Å². The zero-order valence-corrected chi connectivity index (χ0v) is 56.3. The molecule has 0 radical (unpaired) electrons. The average molecular weight is 1180 g/mol. The quantitative estimate of drug-likeness (QED) is 0.168. The summed E-state index contributed by atoms with van der Waals surface area (Å²) in [6.45, 7) is 41.1. The summed E-state index contributed by atoms with van der Waals surface area (Å²) in [4.78, 5) is 39.7. The Balaban J connectivity index is 0.000000115. The highest BCUT2D eigenvalue weighted by atomic mass is 15.4. The highest BCUT2D eigenvalue weighted by molar-refractivity contribution is 5.67. The highest BCUT2D eigenvalue weighted by Crippen LogP contribution is 2.53. The number of anilines is 5. The van der Waals surface area contributed by atoms with E-state index in [1.54, 1.807) is 0 Å². The van der Waals surface area contributed by atoms with Crippen LogP contribution in [0.5, 0.6) is 0 Å². The molecule has 0 saturated carbocycles. The Kier molecular flexibility index (Phi) is 17.3. The van der Waals surface area contributed by atoms with Crippen LogP contribution in [0.1, 0.15) is 180 Å². The van der Waals surface area contributed by atoms with Crippen molar-refractivity contribution in [3.63, 3.8) is 0 Å². The zero-order chi connectivity index (χ0) is 62.1. The van der Waals surface area contributed by atoms with Crippen LogP contribution in [0.2, 0.25) is 0 Å². The SMILES string of the molecule is Cc1cc(C)c(N2C3CC(c4ccccc43)N(C)C2C)c(C)n1.Cc1cc(C)c(N2C3CCCN(CC3)C2C)c(C)n1.Cc1cc(C)c(N2C3CCN(Cc4ccccc43)C2C)c(C)n1.Cc1cc(C)c(N2C3CCN(c4ccccc4C3)C2C)c(C)n1. The Morgan fingerprint density at radius 3 is 1.39 bits per heavy atom. The van der Waals surface area contributed by atoms with Gasteiger partial charge in [-0.3, -0.25) is 34.6 Å². The van der Waals surface area contributed by atoms with E-state index < -0.39 is 0 Å². The number of benzene rings is 3. The summed E-state index contributed by atoms with van der Waals surface area (Å²) < 4.78 is 0. The van der Waals surface area contributed by atoms with Crippen molar-refractivity contribution in [3.8, 4) is 0 Å². The maximum atomic E-state index is 4.75. The summed E-state index contributed by atoms with van der Waals surface area (Å²) in [7, 11) is 2.26. The second kappa shape index (κ2) is 24.8. The van der Waals surface area contributed by atoms with Crippen molar-refractivity contribution in [1.82, 2.24) is 34.6 Å². The zero-order valence-electron chi connectivity index (χ0n) is 56.3. The van der Waals surface area contributed by atoms with Crippen LogP contribution in [0.4, 0.5) is 28.4 Å². The lowest BCUT2D eigenvalue weighted by Crippen LogP contribution is -2.56. The number of hydrogen-bond donors (Lipinski definition) is 0. The summed E-state index contributed by atoms with van der Waals surface area (Å²) in [6.07, 6.45) is 10.3. The molecule has 12 nitrogen and oxygen atoms in total. The Morgan fingerprint density at radius 1 is 0.386 bits per heavy atom. The monoisotopic (exact) mass is 1180 g/mol. The molecular formula is C76H100N12. The number of aromatic nitrogens is 4. The molecule has 11 unspecified atom stereocenters. The minimum atomic E-state index is 0.369. The third kappa shape index (κ3) is 11.3. The van der Waals surface area contributed by atoms with Gasteiger partial charge in [-0.05, 0) is 243 Å². The van der Waals surface area contributed by atoms with Crippen molar-refractivity contribution in [2.24, 2.45) is 0 Å². The lowest BCUT2D eigenvalue weighted by Gasteiger charge is -2.47. The molecule has 7 aromatic rings. The van der Waals surface area contributed by atoms with Crippen molar-refractivity contribution >= 4 is 28.4 Å². The standard InChI is InChI=1S/3C20H25N3.C16H25N3/c1-12-10-13(2)21-14(3)20(12)23-15(4)22(5)18-11-19(23)17-9-7-6-8-16(17)18;1-13-11-14(2)21-15(3)20(13)23-16(4)22-10-9-18(23)12-17-7-5-6-8-19(17)22;1-13-11-14(2)21-15(3)20(13)23-16(4)22-10-9-19(23)18-8-6-5-7-17(18)12-22;1-11-10-12(2)17-13(3)16(11)19-14(4)18-8-5-6-15(19)7-9-18/h6-10,15,18-19H,11H2,1-5H3;5-8,11,16,18H,9-10,12H2,1-4H3;5-8,11,16,19H,9-10,12H2,1-4H3;10,14-15H,5-9H2,1-4H3. The highest BCUT2D eigenvalue weighted by Gasteiger charge is 2.47. The Hall–Kier alpha value is -6.86. The van der Waals surface area contributed by atoms with E-state index in [0.717, 1.165) is 59.4 Å². The van der Waals surface area contributed by atoms with E-state index in [1.807, 2.05) is 0 Å². The second-order valence-corrected chi connectivity index (χ2v) is 27.3. The van der Waals surface area contributed by atoms with Gasteiger partial charge < -0.3 is 24.5 Å². The largest absolute Gasteiger partial charge is 0.351 e. The minimum Gasteiger partial charge on any atom is -0.351 e. The minimum absolute atomic E-state index is 0.369. The summed E-state index contributed by atoms with van der Waals surface area (Å²) in [5.41, 5.74) is 28.8. The van der Waals surface area contributed by atoms with Crippen LogP contribution >= 0.6 is 0 Å². The number of aryl methyl sites for hydroxylation is 12. The van der Waals surface area contributed by atoms with Gasteiger partial charge in [-0.25, -0.2) is 0 Å². The van der Waals surface area contributed by atoms with Gasteiger partial charge in [0.05, 0.1) is 82.3 Å². The summed E-state index contributed by atoms with van der Waals surface area (Å²) >= 11 is 0. The molecule has 0 N–H and O–H groups in total. The van der Waals surface area contributed by atoms with E-state index in [4.69, 9.17) is 19.9 Å². The van der Waals surface area contributed by atoms with Crippen molar-refractivity contribution in [2.45, 2.75) is 217 Å². The maximum absolute atomic E-state index is 4.75. The first kappa shape index (κ1) is 61.4. The number of para-hydroxylation sites is 1. The van der Waals surface area contributed by atoms with Crippen molar-refractivity contribution in [1.29, 1.82) is 0 Å². The van der Waals surface area contributed by atoms with Crippen molar-refractivity contribution < 1.29 is 0 Å². The van der Waals surface area contributed by atoms with Crippen LogP contribution in [-0.4, -0.2) is 105 Å². The van der Waals surface area contributed by atoms with Gasteiger partial charge in [-0.15, -0.1) is 0 Å². The van der Waals surface area contributed by atoms with Gasteiger partial charge in [0.25, 0.3) is 0 Å². The lowest BCUT2D eigenvalue weighted by molar-refractivity contribution is 0.131. The molecule has 14 heterocycles. The number of rotatable bonds is 4.